The van der Waals surface area contributed by atoms with Crippen LogP contribution in [0, 0.1) is 6.92 Å². The van der Waals surface area contributed by atoms with Crippen molar-refractivity contribution in [2.45, 2.75) is 18.2 Å². The van der Waals surface area contributed by atoms with Crippen molar-refractivity contribution in [3.63, 3.8) is 0 Å². The van der Waals surface area contributed by atoms with Crippen LogP contribution in [0.1, 0.15) is 12.0 Å². The minimum Gasteiger partial charge on any atom is -0.456 e. The summed E-state index contributed by atoms with van der Waals surface area (Å²) in [4.78, 5) is 23.8. The molecule has 1 amide bonds. The van der Waals surface area contributed by atoms with E-state index in [2.05, 4.69) is 5.32 Å². The van der Waals surface area contributed by atoms with Crippen molar-refractivity contribution in [2.75, 3.05) is 24.5 Å². The van der Waals surface area contributed by atoms with Crippen LogP contribution < -0.4 is 14.8 Å². The zero-order valence-electron chi connectivity index (χ0n) is 15.1. The van der Waals surface area contributed by atoms with Crippen molar-refractivity contribution in [2.24, 2.45) is 0 Å². The molecule has 3 rings (SSSR count). The molecule has 0 saturated heterocycles. The minimum absolute atomic E-state index is 0.121. The first-order chi connectivity index (χ1) is 13.3. The van der Waals surface area contributed by atoms with E-state index in [-0.39, 0.29) is 18.1 Å². The number of amides is 1. The van der Waals surface area contributed by atoms with E-state index >= 15 is 0 Å². The molecule has 0 bridgehead atoms. The van der Waals surface area contributed by atoms with Gasteiger partial charge < -0.3 is 19.5 Å². The first-order valence-electron chi connectivity index (χ1n) is 8.48. The van der Waals surface area contributed by atoms with Crippen LogP contribution in [0.5, 0.6) is 11.5 Å². The second kappa shape index (κ2) is 8.30. The molecule has 8 nitrogen and oxygen atoms in total. The van der Waals surface area contributed by atoms with Gasteiger partial charge in [0.15, 0.2) is 27.9 Å². The molecule has 1 aliphatic rings. The van der Waals surface area contributed by atoms with Gasteiger partial charge >= 0.3 is 5.97 Å². The number of hydrogen-bond donors (Lipinski definition) is 1. The Morgan fingerprint density at radius 2 is 1.79 bits per heavy atom. The lowest BCUT2D eigenvalue weighted by molar-refractivity contribution is -0.146. The van der Waals surface area contributed by atoms with Crippen LogP contribution in [0.15, 0.2) is 47.4 Å². The first-order valence-corrected chi connectivity index (χ1v) is 10.1. The number of carbonyl (C=O) groups is 2. The highest BCUT2D eigenvalue weighted by molar-refractivity contribution is 7.91. The highest BCUT2D eigenvalue weighted by Gasteiger charge is 2.18. The van der Waals surface area contributed by atoms with Gasteiger partial charge in [-0.3, -0.25) is 9.59 Å². The Kier molecular flexibility index (Phi) is 5.84. The minimum atomic E-state index is -3.59. The van der Waals surface area contributed by atoms with Crippen LogP contribution in [-0.4, -0.2) is 39.4 Å². The molecule has 0 fully saturated rings. The van der Waals surface area contributed by atoms with Gasteiger partial charge in [-0.2, -0.15) is 0 Å². The van der Waals surface area contributed by atoms with E-state index in [9.17, 15) is 18.0 Å². The van der Waals surface area contributed by atoms with Gasteiger partial charge in [-0.1, -0.05) is 17.7 Å². The largest absolute Gasteiger partial charge is 0.456 e. The van der Waals surface area contributed by atoms with Crippen LogP contribution in [-0.2, 0) is 24.2 Å². The fourth-order valence-electron chi connectivity index (χ4n) is 2.47. The maximum Gasteiger partial charge on any atom is 0.307 e. The van der Waals surface area contributed by atoms with Crippen molar-refractivity contribution < 1.29 is 32.2 Å². The van der Waals surface area contributed by atoms with Gasteiger partial charge in [-0.05, 0) is 31.2 Å². The molecule has 1 heterocycles. The Bertz CT molecular complexity index is 984. The zero-order valence-corrected chi connectivity index (χ0v) is 16.0. The number of sulfone groups is 1. The summed E-state index contributed by atoms with van der Waals surface area (Å²) in [5, 5.41) is 2.56. The molecule has 2 aromatic rings. The van der Waals surface area contributed by atoms with Crippen LogP contribution in [0.4, 0.5) is 5.69 Å². The third kappa shape index (κ3) is 5.01. The fourth-order valence-corrected chi connectivity index (χ4v) is 3.69. The predicted octanol–water partition coefficient (Wildman–Crippen LogP) is 2.07. The molecule has 148 valence electrons. The summed E-state index contributed by atoms with van der Waals surface area (Å²) in [6, 6.07) is 11.2. The number of benzene rings is 2. The Labute approximate surface area is 162 Å². The van der Waals surface area contributed by atoms with Crippen molar-refractivity contribution in [3.05, 3.63) is 48.0 Å². The molecule has 9 heteroatoms. The molecular weight excluding hydrogens is 386 g/mol. The highest BCUT2D eigenvalue weighted by atomic mass is 32.2. The maximum atomic E-state index is 12.2. The number of anilines is 1. The number of hydrogen-bond acceptors (Lipinski definition) is 7. The second-order valence-corrected chi connectivity index (χ2v) is 8.27. The van der Waals surface area contributed by atoms with Crippen LogP contribution in [0.2, 0.25) is 0 Å². The molecule has 1 aliphatic heterocycles. The average molecular weight is 405 g/mol. The Hall–Kier alpha value is -3.07. The molecule has 2 aromatic carbocycles. The molecule has 0 radical (unpaired) electrons. The summed E-state index contributed by atoms with van der Waals surface area (Å²) in [6.45, 7) is 1.45. The van der Waals surface area contributed by atoms with Gasteiger partial charge in [-0.25, -0.2) is 8.42 Å². The normalized spacial score (nSPS) is 12.5. The number of carbonyl (C=O) groups excluding carboxylic acids is 2. The summed E-state index contributed by atoms with van der Waals surface area (Å²) in [5.41, 5.74) is 1.40. The fraction of sp³-hybridized carbons (Fsp3) is 0.263. The first kappa shape index (κ1) is 19.7. The molecule has 0 atom stereocenters. The number of ether oxygens (including phenoxy) is 3. The number of aryl methyl sites for hydroxylation is 1. The van der Waals surface area contributed by atoms with E-state index < -0.39 is 34.1 Å². The van der Waals surface area contributed by atoms with Gasteiger partial charge in [-0.15, -0.1) is 0 Å². The highest BCUT2D eigenvalue weighted by Crippen LogP contribution is 2.34. The van der Waals surface area contributed by atoms with E-state index in [1.807, 2.05) is 6.92 Å². The van der Waals surface area contributed by atoms with Crippen LogP contribution >= 0.6 is 0 Å². The van der Waals surface area contributed by atoms with E-state index in [0.717, 1.165) is 5.56 Å². The van der Waals surface area contributed by atoms with Gasteiger partial charge in [0, 0.05) is 11.8 Å². The predicted molar refractivity (Wildman–Crippen MR) is 100 cm³/mol. The third-order valence-electron chi connectivity index (χ3n) is 3.98. The van der Waals surface area contributed by atoms with Crippen molar-refractivity contribution in [3.8, 4) is 11.5 Å². The smallest absolute Gasteiger partial charge is 0.307 e. The molecule has 0 saturated carbocycles. The van der Waals surface area contributed by atoms with E-state index in [0.29, 0.717) is 17.2 Å². The maximum absolute atomic E-state index is 12.2. The lowest BCUT2D eigenvalue weighted by atomic mass is 10.2. The van der Waals surface area contributed by atoms with Crippen LogP contribution in [0.3, 0.4) is 0 Å². The molecule has 0 aromatic heterocycles. The van der Waals surface area contributed by atoms with Crippen molar-refractivity contribution >= 4 is 27.4 Å². The van der Waals surface area contributed by atoms with E-state index in [1.165, 1.54) is 12.1 Å². The Morgan fingerprint density at radius 1 is 1.07 bits per heavy atom. The second-order valence-electron chi connectivity index (χ2n) is 6.16. The zero-order chi connectivity index (χ0) is 20.1. The van der Waals surface area contributed by atoms with Gasteiger partial charge in [0.1, 0.15) is 0 Å². The number of rotatable bonds is 7. The quantitative estimate of drug-likeness (QED) is 0.703. The van der Waals surface area contributed by atoms with Gasteiger partial charge in [0.05, 0.1) is 17.1 Å². The topological polar surface area (TPSA) is 108 Å². The molecule has 0 unspecified atom stereocenters. The lowest BCUT2D eigenvalue weighted by Gasteiger charge is -2.08. The molecule has 0 spiro atoms. The summed E-state index contributed by atoms with van der Waals surface area (Å²) in [5.74, 6) is -0.612. The standard InChI is InChI=1S/C19H19NO7S/c1-13-2-5-15(6-3-13)28(23,24)9-8-19(22)25-11-18(21)20-14-4-7-16-17(10-14)27-12-26-16/h2-7,10H,8-9,11-12H2,1H3,(H,20,21). The molecule has 1 N–H and O–H groups in total. The SMILES string of the molecule is Cc1ccc(S(=O)(=O)CCC(=O)OCC(=O)Nc2ccc3c(c2)OCO3)cc1. The monoisotopic (exact) mass is 405 g/mol. The summed E-state index contributed by atoms with van der Waals surface area (Å²) in [7, 11) is -3.59. The summed E-state index contributed by atoms with van der Waals surface area (Å²) in [6.07, 6.45) is -0.340. The van der Waals surface area contributed by atoms with E-state index in [1.54, 1.807) is 30.3 Å². The summed E-state index contributed by atoms with van der Waals surface area (Å²) >= 11 is 0. The van der Waals surface area contributed by atoms with Crippen LogP contribution in [0.25, 0.3) is 0 Å². The third-order valence-corrected chi connectivity index (χ3v) is 5.71. The lowest BCUT2D eigenvalue weighted by Crippen LogP contribution is -2.22. The Morgan fingerprint density at radius 3 is 2.54 bits per heavy atom. The van der Waals surface area contributed by atoms with E-state index in [4.69, 9.17) is 14.2 Å². The number of esters is 1. The average Bonchev–Trinajstić information content (AvgIpc) is 3.13. The van der Waals surface area contributed by atoms with Gasteiger partial charge in [0.2, 0.25) is 6.79 Å². The van der Waals surface area contributed by atoms with Crippen molar-refractivity contribution in [1.29, 1.82) is 0 Å². The Balaban J connectivity index is 1.45. The molecule has 28 heavy (non-hydrogen) atoms. The van der Waals surface area contributed by atoms with Gasteiger partial charge in [0.25, 0.3) is 5.91 Å². The number of nitrogens with one attached hydrogen (secondary N) is 1. The van der Waals surface area contributed by atoms with Crippen molar-refractivity contribution in [1.82, 2.24) is 0 Å². The molecular formula is C19H19NO7S. The summed E-state index contributed by atoms with van der Waals surface area (Å²) < 4.78 is 39.7. The number of fused-ring (bicyclic) bond motifs is 1. The molecule has 0 aliphatic carbocycles.